The van der Waals surface area contributed by atoms with Crippen LogP contribution in [0.3, 0.4) is 0 Å². The van der Waals surface area contributed by atoms with Gasteiger partial charge < -0.3 is 10.7 Å². The number of nitrogen functional groups attached to an aromatic ring is 1. The number of hydrogen-bond acceptors (Lipinski definition) is 6. The monoisotopic (exact) mass is 284 g/mol. The zero-order chi connectivity index (χ0) is 13.9. The first kappa shape index (κ1) is 13.8. The van der Waals surface area contributed by atoms with Crippen molar-refractivity contribution in [2.24, 2.45) is 11.8 Å². The second-order valence-corrected chi connectivity index (χ2v) is 6.76. The van der Waals surface area contributed by atoms with Crippen LogP contribution in [0.15, 0.2) is 18.2 Å². The second-order valence-electron chi connectivity index (χ2n) is 4.53. The maximum atomic E-state index is 11.8. The van der Waals surface area contributed by atoms with Crippen molar-refractivity contribution in [3.8, 4) is 0 Å². The van der Waals surface area contributed by atoms with E-state index >= 15 is 0 Å². The fourth-order valence-electron chi connectivity index (χ4n) is 2.00. The zero-order valence-electron chi connectivity index (χ0n) is 10.3. The summed E-state index contributed by atoms with van der Waals surface area (Å²) in [5.41, 5.74) is 2.61. The fraction of sp³-hybridized carbons (Fsp3) is 0.455. The fourth-order valence-corrected chi connectivity index (χ4v) is 3.86. The van der Waals surface area contributed by atoms with E-state index < -0.39 is 9.84 Å². The molecule has 19 heavy (non-hydrogen) atoms. The summed E-state index contributed by atoms with van der Waals surface area (Å²) in [6.07, 6.45) is 0.598. The highest BCUT2D eigenvalue weighted by atomic mass is 32.2. The van der Waals surface area contributed by atoms with Gasteiger partial charge in [-0.05, 0) is 24.5 Å². The molecular weight excluding hydrogens is 268 g/mol. The molecule has 0 aliphatic carbocycles. The molecule has 1 aliphatic rings. The third-order valence-electron chi connectivity index (χ3n) is 3.01. The number of hydrazine groups is 1. The number of hydrogen-bond donors (Lipinski definition) is 3. The highest BCUT2D eigenvalue weighted by Gasteiger charge is 2.28. The molecule has 1 amide bonds. The molecule has 0 spiro atoms. The molecule has 0 radical (unpaired) electrons. The first-order chi connectivity index (χ1) is 9.00. The van der Waals surface area contributed by atoms with Gasteiger partial charge in [0.25, 0.3) is 5.91 Å². The van der Waals surface area contributed by atoms with Crippen molar-refractivity contribution in [1.82, 2.24) is 10.3 Å². The molecule has 0 saturated carbocycles. The summed E-state index contributed by atoms with van der Waals surface area (Å²) in [5, 5.41) is 2.70. The molecule has 1 aromatic rings. The van der Waals surface area contributed by atoms with Crippen LogP contribution in [0.5, 0.6) is 0 Å². The normalized spacial score (nSPS) is 21.0. The molecule has 7 nitrogen and oxygen atoms in total. The lowest BCUT2D eigenvalue weighted by atomic mass is 10.1. The lowest BCUT2D eigenvalue weighted by Crippen LogP contribution is -2.30. The maximum absolute atomic E-state index is 11.8. The summed E-state index contributed by atoms with van der Waals surface area (Å²) in [4.78, 5) is 15.8. The highest BCUT2D eigenvalue weighted by molar-refractivity contribution is 7.91. The third-order valence-corrected chi connectivity index (χ3v) is 4.84. The van der Waals surface area contributed by atoms with Gasteiger partial charge in [0.2, 0.25) is 0 Å². The number of sulfone groups is 1. The summed E-state index contributed by atoms with van der Waals surface area (Å²) in [7, 11) is -2.91. The lowest BCUT2D eigenvalue weighted by Gasteiger charge is -2.09. The van der Waals surface area contributed by atoms with E-state index in [2.05, 4.69) is 15.7 Å². The van der Waals surface area contributed by atoms with E-state index in [4.69, 9.17) is 5.84 Å². The first-order valence-electron chi connectivity index (χ1n) is 5.92. The van der Waals surface area contributed by atoms with Gasteiger partial charge in [-0.1, -0.05) is 6.07 Å². The van der Waals surface area contributed by atoms with Crippen LogP contribution in [0.4, 0.5) is 5.82 Å². The van der Waals surface area contributed by atoms with Crippen LogP contribution in [0.2, 0.25) is 0 Å². The number of carbonyl (C=O) groups excluding carboxylic acids is 1. The number of nitrogens with one attached hydrogen (secondary N) is 2. The Morgan fingerprint density at radius 3 is 2.89 bits per heavy atom. The van der Waals surface area contributed by atoms with Gasteiger partial charge in [0.05, 0.1) is 11.5 Å². The molecular formula is C11H16N4O3S. The lowest BCUT2D eigenvalue weighted by molar-refractivity contribution is 0.0943. The van der Waals surface area contributed by atoms with Gasteiger partial charge in [0, 0.05) is 6.54 Å². The summed E-state index contributed by atoms with van der Waals surface area (Å²) < 4.78 is 22.6. The molecule has 1 fully saturated rings. The number of aromatic nitrogens is 1. The summed E-state index contributed by atoms with van der Waals surface area (Å²) >= 11 is 0. The zero-order valence-corrected chi connectivity index (χ0v) is 11.1. The largest absolute Gasteiger partial charge is 0.350 e. The topological polar surface area (TPSA) is 114 Å². The van der Waals surface area contributed by atoms with Crippen LogP contribution in [-0.4, -0.2) is 37.4 Å². The number of amides is 1. The Bertz CT molecular complexity index is 573. The number of nitrogens with zero attached hydrogens (tertiary/aromatic N) is 1. The number of nitrogens with two attached hydrogens (primary N) is 1. The van der Waals surface area contributed by atoms with Crippen molar-refractivity contribution in [2.75, 3.05) is 23.5 Å². The van der Waals surface area contributed by atoms with Crippen LogP contribution in [0.1, 0.15) is 16.9 Å². The highest BCUT2D eigenvalue weighted by Crippen LogP contribution is 2.17. The van der Waals surface area contributed by atoms with E-state index in [1.54, 1.807) is 18.2 Å². The molecule has 2 rings (SSSR count). The third kappa shape index (κ3) is 3.65. The van der Waals surface area contributed by atoms with Gasteiger partial charge in [0.15, 0.2) is 9.84 Å². The predicted molar refractivity (Wildman–Crippen MR) is 71.1 cm³/mol. The Balaban J connectivity index is 1.91. The quantitative estimate of drug-likeness (QED) is 0.509. The van der Waals surface area contributed by atoms with Crippen molar-refractivity contribution in [1.29, 1.82) is 0 Å². The smallest absolute Gasteiger partial charge is 0.269 e. The molecule has 1 unspecified atom stereocenters. The van der Waals surface area contributed by atoms with Crippen LogP contribution in [0.25, 0.3) is 0 Å². The number of carbonyl (C=O) groups is 1. The molecule has 1 saturated heterocycles. The molecule has 0 bridgehead atoms. The number of rotatable bonds is 4. The Hall–Kier alpha value is -1.67. The number of anilines is 1. The molecule has 1 aromatic heterocycles. The molecule has 1 atom stereocenters. The van der Waals surface area contributed by atoms with E-state index in [-0.39, 0.29) is 29.0 Å². The Kier molecular flexibility index (Phi) is 4.01. The minimum atomic E-state index is -2.91. The Morgan fingerprint density at radius 2 is 2.26 bits per heavy atom. The van der Waals surface area contributed by atoms with Crippen LogP contribution in [-0.2, 0) is 9.84 Å². The first-order valence-corrected chi connectivity index (χ1v) is 7.74. The minimum Gasteiger partial charge on any atom is -0.350 e. The van der Waals surface area contributed by atoms with E-state index in [1.165, 1.54) is 0 Å². The van der Waals surface area contributed by atoms with Gasteiger partial charge in [-0.3, -0.25) is 4.79 Å². The van der Waals surface area contributed by atoms with Crippen LogP contribution < -0.4 is 16.6 Å². The van der Waals surface area contributed by atoms with E-state index in [0.717, 1.165) is 0 Å². The van der Waals surface area contributed by atoms with Crippen molar-refractivity contribution in [3.63, 3.8) is 0 Å². The van der Waals surface area contributed by atoms with Crippen molar-refractivity contribution in [2.45, 2.75) is 6.42 Å². The van der Waals surface area contributed by atoms with Crippen molar-refractivity contribution in [3.05, 3.63) is 23.9 Å². The average molecular weight is 284 g/mol. The minimum absolute atomic E-state index is 0.00948. The predicted octanol–water partition coefficient (Wildman–Crippen LogP) is -0.468. The second kappa shape index (κ2) is 5.54. The maximum Gasteiger partial charge on any atom is 0.269 e. The van der Waals surface area contributed by atoms with E-state index in [0.29, 0.717) is 18.8 Å². The van der Waals surface area contributed by atoms with Crippen molar-refractivity contribution < 1.29 is 13.2 Å². The van der Waals surface area contributed by atoms with E-state index in [1.807, 2.05) is 0 Å². The molecule has 0 aromatic carbocycles. The van der Waals surface area contributed by atoms with Crippen LogP contribution >= 0.6 is 0 Å². The molecule has 1 aliphatic heterocycles. The summed E-state index contributed by atoms with van der Waals surface area (Å²) in [5.74, 6) is 5.62. The van der Waals surface area contributed by atoms with Gasteiger partial charge >= 0.3 is 0 Å². The average Bonchev–Trinajstić information content (AvgIpc) is 2.75. The Morgan fingerprint density at radius 1 is 1.47 bits per heavy atom. The number of pyridine rings is 1. The molecule has 104 valence electrons. The van der Waals surface area contributed by atoms with Gasteiger partial charge in [-0.15, -0.1) is 0 Å². The SMILES string of the molecule is NNc1cccc(C(=O)NCC2CCS(=O)(=O)C2)n1. The molecule has 4 N–H and O–H groups in total. The summed E-state index contributed by atoms with van der Waals surface area (Å²) in [6, 6.07) is 4.87. The van der Waals surface area contributed by atoms with Crippen molar-refractivity contribution >= 4 is 21.6 Å². The van der Waals surface area contributed by atoms with Crippen LogP contribution in [0, 0.1) is 5.92 Å². The standard InChI is InChI=1S/C11H16N4O3S/c12-15-10-3-1-2-9(14-10)11(16)13-6-8-4-5-19(17,18)7-8/h1-3,8H,4-7,12H2,(H,13,16)(H,14,15). The molecule has 8 heteroatoms. The summed E-state index contributed by atoms with van der Waals surface area (Å²) in [6.45, 7) is 0.347. The van der Waals surface area contributed by atoms with Gasteiger partial charge in [-0.2, -0.15) is 0 Å². The molecule has 2 heterocycles. The van der Waals surface area contributed by atoms with Gasteiger partial charge in [0.1, 0.15) is 11.5 Å². The Labute approximate surface area is 111 Å². The van der Waals surface area contributed by atoms with Gasteiger partial charge in [-0.25, -0.2) is 19.2 Å². The van der Waals surface area contributed by atoms with E-state index in [9.17, 15) is 13.2 Å².